The number of hydrogen-bond donors (Lipinski definition) is 1. The van der Waals surface area contributed by atoms with Gasteiger partial charge in [0.1, 0.15) is 5.69 Å². The van der Waals surface area contributed by atoms with Gasteiger partial charge in [-0.15, -0.1) is 0 Å². The van der Waals surface area contributed by atoms with E-state index in [1.54, 1.807) is 18.3 Å². The van der Waals surface area contributed by atoms with Crippen molar-refractivity contribution in [2.24, 2.45) is 5.10 Å². The molecule has 1 N–H and O–H groups in total. The first-order valence-corrected chi connectivity index (χ1v) is 8.42. The SMILES string of the molecule is O=[N+]([O-])c1cccc(/C=N\Nc2nc(-c3ccccn3)nc3ccccc23)c1. The number of benzene rings is 2. The Morgan fingerprint density at radius 2 is 1.86 bits per heavy atom. The van der Waals surface area contributed by atoms with Crippen LogP contribution in [0.5, 0.6) is 0 Å². The smallest absolute Gasteiger partial charge is 0.261 e. The van der Waals surface area contributed by atoms with Gasteiger partial charge in [0.15, 0.2) is 11.6 Å². The van der Waals surface area contributed by atoms with Crippen molar-refractivity contribution in [1.82, 2.24) is 15.0 Å². The van der Waals surface area contributed by atoms with E-state index in [1.165, 1.54) is 18.3 Å². The molecule has 0 saturated heterocycles. The summed E-state index contributed by atoms with van der Waals surface area (Å²) in [5, 5.41) is 15.9. The number of hydrazone groups is 1. The molecule has 0 radical (unpaired) electrons. The highest BCUT2D eigenvalue weighted by molar-refractivity contribution is 5.91. The van der Waals surface area contributed by atoms with Gasteiger partial charge < -0.3 is 0 Å². The topological polar surface area (TPSA) is 106 Å². The fraction of sp³-hybridized carbons (Fsp3) is 0. The van der Waals surface area contributed by atoms with Crippen LogP contribution in [0.4, 0.5) is 11.5 Å². The van der Waals surface area contributed by atoms with Crippen molar-refractivity contribution in [3.8, 4) is 11.5 Å². The van der Waals surface area contributed by atoms with E-state index in [4.69, 9.17) is 0 Å². The van der Waals surface area contributed by atoms with E-state index in [1.807, 2.05) is 42.5 Å². The second kappa shape index (κ2) is 7.58. The van der Waals surface area contributed by atoms with Gasteiger partial charge in [0.25, 0.3) is 5.69 Å². The highest BCUT2D eigenvalue weighted by atomic mass is 16.6. The van der Waals surface area contributed by atoms with Crippen molar-refractivity contribution in [3.05, 3.63) is 88.6 Å². The summed E-state index contributed by atoms with van der Waals surface area (Å²) in [6.45, 7) is 0. The average Bonchev–Trinajstić information content (AvgIpc) is 2.74. The van der Waals surface area contributed by atoms with Crippen LogP contribution in [0.25, 0.3) is 22.4 Å². The van der Waals surface area contributed by atoms with Crippen LogP contribution in [0.2, 0.25) is 0 Å². The van der Waals surface area contributed by atoms with Gasteiger partial charge in [-0.05, 0) is 24.3 Å². The lowest BCUT2D eigenvalue weighted by atomic mass is 10.2. The zero-order valence-electron chi connectivity index (χ0n) is 14.6. The Hall–Kier alpha value is -4.20. The van der Waals surface area contributed by atoms with Crippen LogP contribution in [0.15, 0.2) is 78.0 Å². The maximum absolute atomic E-state index is 10.9. The third-order valence-electron chi connectivity index (χ3n) is 3.96. The van der Waals surface area contributed by atoms with Gasteiger partial charge in [0, 0.05) is 29.3 Å². The fourth-order valence-electron chi connectivity index (χ4n) is 2.66. The van der Waals surface area contributed by atoms with Crippen LogP contribution in [-0.2, 0) is 0 Å². The van der Waals surface area contributed by atoms with Gasteiger partial charge in [-0.25, -0.2) is 9.97 Å². The molecular weight excluding hydrogens is 356 g/mol. The highest BCUT2D eigenvalue weighted by Gasteiger charge is 2.09. The number of rotatable bonds is 5. The molecule has 0 aliphatic carbocycles. The molecule has 4 aromatic rings. The standard InChI is InChI=1S/C20H14N6O2/c27-26(28)15-7-5-6-14(12-15)13-22-25-19-16-8-1-2-9-17(16)23-20(24-19)18-10-3-4-11-21-18/h1-13H,(H,23,24,25)/b22-13-. The molecule has 4 rings (SSSR count). The van der Waals surface area contributed by atoms with Crippen LogP contribution >= 0.6 is 0 Å². The molecule has 0 aliphatic heterocycles. The van der Waals surface area contributed by atoms with Crippen LogP contribution in [0, 0.1) is 10.1 Å². The van der Waals surface area contributed by atoms with Crippen LogP contribution in [-0.4, -0.2) is 26.1 Å². The molecule has 2 aromatic carbocycles. The van der Waals surface area contributed by atoms with Gasteiger partial charge >= 0.3 is 0 Å². The summed E-state index contributed by atoms with van der Waals surface area (Å²) in [5.74, 6) is 1.00. The molecule has 136 valence electrons. The molecule has 8 nitrogen and oxygen atoms in total. The Morgan fingerprint density at radius 3 is 2.68 bits per heavy atom. The number of nitrogens with one attached hydrogen (secondary N) is 1. The number of non-ortho nitro benzene ring substituents is 1. The molecule has 0 amide bonds. The van der Waals surface area contributed by atoms with E-state index in [2.05, 4.69) is 25.5 Å². The molecule has 0 spiro atoms. The summed E-state index contributed by atoms with van der Waals surface area (Å²) < 4.78 is 0. The molecule has 0 fully saturated rings. The summed E-state index contributed by atoms with van der Waals surface area (Å²) in [7, 11) is 0. The summed E-state index contributed by atoms with van der Waals surface area (Å²) in [6.07, 6.45) is 3.19. The zero-order valence-corrected chi connectivity index (χ0v) is 14.6. The van der Waals surface area contributed by atoms with Crippen LogP contribution in [0.3, 0.4) is 0 Å². The number of pyridine rings is 1. The minimum atomic E-state index is -0.443. The van der Waals surface area contributed by atoms with Gasteiger partial charge in [-0.1, -0.05) is 30.3 Å². The minimum Gasteiger partial charge on any atom is -0.261 e. The fourth-order valence-corrected chi connectivity index (χ4v) is 2.66. The van der Waals surface area contributed by atoms with Crippen LogP contribution < -0.4 is 5.43 Å². The van der Waals surface area contributed by atoms with E-state index < -0.39 is 4.92 Å². The van der Waals surface area contributed by atoms with Crippen LogP contribution in [0.1, 0.15) is 5.56 Å². The normalized spacial score (nSPS) is 11.0. The Labute approximate surface area is 159 Å². The maximum atomic E-state index is 10.9. The number of nitro groups is 1. The maximum Gasteiger partial charge on any atom is 0.270 e. The van der Waals surface area contributed by atoms with Crippen molar-refractivity contribution in [2.75, 3.05) is 5.43 Å². The molecule has 0 aliphatic rings. The third-order valence-corrected chi connectivity index (χ3v) is 3.96. The lowest BCUT2D eigenvalue weighted by Crippen LogP contribution is -2.00. The lowest BCUT2D eigenvalue weighted by Gasteiger charge is -2.07. The van der Waals surface area contributed by atoms with E-state index in [-0.39, 0.29) is 5.69 Å². The number of anilines is 1. The highest BCUT2D eigenvalue weighted by Crippen LogP contribution is 2.23. The number of nitrogens with zero attached hydrogens (tertiary/aromatic N) is 5. The molecule has 8 heteroatoms. The minimum absolute atomic E-state index is 0.00822. The van der Waals surface area contributed by atoms with Gasteiger partial charge in [-0.2, -0.15) is 5.10 Å². The Kier molecular flexibility index (Phi) is 4.67. The van der Waals surface area contributed by atoms with E-state index in [0.717, 1.165) is 10.9 Å². The number of fused-ring (bicyclic) bond motifs is 1. The van der Waals surface area contributed by atoms with Crippen molar-refractivity contribution < 1.29 is 4.92 Å². The molecule has 0 bridgehead atoms. The van der Waals surface area contributed by atoms with Gasteiger partial charge in [0.05, 0.1) is 16.7 Å². The molecule has 28 heavy (non-hydrogen) atoms. The van der Waals surface area contributed by atoms with Crippen molar-refractivity contribution in [2.45, 2.75) is 0 Å². The van der Waals surface area contributed by atoms with E-state index >= 15 is 0 Å². The predicted molar refractivity (Wildman–Crippen MR) is 107 cm³/mol. The third kappa shape index (κ3) is 3.65. The molecular formula is C20H14N6O2. The summed E-state index contributed by atoms with van der Waals surface area (Å²) in [4.78, 5) is 23.8. The molecule has 0 saturated carbocycles. The predicted octanol–water partition coefficient (Wildman–Crippen LogP) is 4.05. The Balaban J connectivity index is 1.68. The largest absolute Gasteiger partial charge is 0.270 e. The van der Waals surface area contributed by atoms with E-state index in [9.17, 15) is 10.1 Å². The lowest BCUT2D eigenvalue weighted by molar-refractivity contribution is -0.384. The number of nitro benzene ring substituents is 1. The Morgan fingerprint density at radius 1 is 1.00 bits per heavy atom. The molecule has 0 unspecified atom stereocenters. The van der Waals surface area contributed by atoms with Gasteiger partial charge in [0.2, 0.25) is 0 Å². The zero-order chi connectivity index (χ0) is 19.3. The first kappa shape index (κ1) is 17.2. The molecule has 0 atom stereocenters. The van der Waals surface area contributed by atoms with Crippen molar-refractivity contribution in [3.63, 3.8) is 0 Å². The van der Waals surface area contributed by atoms with Crippen molar-refractivity contribution in [1.29, 1.82) is 0 Å². The number of para-hydroxylation sites is 1. The number of aromatic nitrogens is 3. The summed E-state index contributed by atoms with van der Waals surface area (Å²) in [6, 6.07) is 19.3. The Bertz CT molecular complexity index is 1180. The number of hydrogen-bond acceptors (Lipinski definition) is 7. The second-order valence-electron chi connectivity index (χ2n) is 5.85. The summed E-state index contributed by atoms with van der Waals surface area (Å²) in [5.41, 5.74) is 4.93. The summed E-state index contributed by atoms with van der Waals surface area (Å²) >= 11 is 0. The monoisotopic (exact) mass is 370 g/mol. The average molecular weight is 370 g/mol. The van der Waals surface area contributed by atoms with E-state index in [0.29, 0.717) is 22.9 Å². The van der Waals surface area contributed by atoms with Gasteiger partial charge in [-0.3, -0.25) is 20.5 Å². The molecule has 2 aromatic heterocycles. The molecule has 2 heterocycles. The second-order valence-corrected chi connectivity index (χ2v) is 5.85. The first-order valence-electron chi connectivity index (χ1n) is 8.42. The quantitative estimate of drug-likeness (QED) is 0.323. The first-order chi connectivity index (χ1) is 13.7. The van der Waals surface area contributed by atoms with Crippen molar-refractivity contribution >= 4 is 28.6 Å².